The zero-order valence-corrected chi connectivity index (χ0v) is 25.0. The van der Waals surface area contributed by atoms with Crippen molar-refractivity contribution in [1.29, 1.82) is 5.26 Å². The fraction of sp³-hybridized carbons (Fsp3) is 0.515. The second kappa shape index (κ2) is 9.27. The smallest absolute Gasteiger partial charge is 0.291 e. The third-order valence-electron chi connectivity index (χ3n) is 8.89. The highest BCUT2D eigenvalue weighted by Gasteiger charge is 2.57. The molecule has 7 nitrogen and oxygen atoms in total. The van der Waals surface area contributed by atoms with Gasteiger partial charge in [-0.1, -0.05) is 67.5 Å². The third-order valence-corrected chi connectivity index (χ3v) is 8.89. The van der Waals surface area contributed by atoms with Crippen molar-refractivity contribution in [1.82, 2.24) is 15.0 Å². The summed E-state index contributed by atoms with van der Waals surface area (Å²) >= 11 is 0. The van der Waals surface area contributed by atoms with Crippen LogP contribution in [0.4, 0.5) is 5.69 Å². The number of amides is 1. The van der Waals surface area contributed by atoms with Crippen LogP contribution in [0.5, 0.6) is 0 Å². The number of H-pyrrole nitrogens is 1. The van der Waals surface area contributed by atoms with Crippen molar-refractivity contribution in [2.75, 3.05) is 5.32 Å². The molecular formula is C33H41N5O2. The first kappa shape index (κ1) is 28.0. The molecule has 4 heterocycles. The molecule has 2 aromatic heterocycles. The molecule has 0 radical (unpaired) electrons. The van der Waals surface area contributed by atoms with Crippen molar-refractivity contribution in [3.05, 3.63) is 65.5 Å². The van der Waals surface area contributed by atoms with Crippen LogP contribution in [0.3, 0.4) is 0 Å². The lowest BCUT2D eigenvalue weighted by Gasteiger charge is -2.50. The average Bonchev–Trinajstić information content (AvgIpc) is 3.47. The van der Waals surface area contributed by atoms with E-state index < -0.39 is 17.1 Å². The van der Waals surface area contributed by atoms with Crippen molar-refractivity contribution in [3.63, 3.8) is 0 Å². The van der Waals surface area contributed by atoms with Crippen molar-refractivity contribution in [2.24, 2.45) is 16.2 Å². The van der Waals surface area contributed by atoms with Crippen LogP contribution in [0, 0.1) is 27.6 Å². The topological polar surface area (TPSA) is 104 Å². The van der Waals surface area contributed by atoms with Crippen LogP contribution in [-0.2, 0) is 4.74 Å². The molecule has 0 aromatic carbocycles. The fourth-order valence-corrected chi connectivity index (χ4v) is 5.80. The summed E-state index contributed by atoms with van der Waals surface area (Å²) in [6.45, 7) is 17.9. The van der Waals surface area contributed by atoms with Crippen LogP contribution >= 0.6 is 0 Å². The fourth-order valence-electron chi connectivity index (χ4n) is 5.80. The van der Waals surface area contributed by atoms with Gasteiger partial charge in [-0.3, -0.25) is 4.79 Å². The van der Waals surface area contributed by atoms with Gasteiger partial charge in [0.1, 0.15) is 17.4 Å². The molecule has 2 N–H and O–H groups in total. The molecule has 2 bridgehead atoms. The first-order chi connectivity index (χ1) is 18.6. The van der Waals surface area contributed by atoms with E-state index in [1.807, 2.05) is 18.2 Å². The summed E-state index contributed by atoms with van der Waals surface area (Å²) in [5.41, 5.74) is 3.86. The van der Waals surface area contributed by atoms with Gasteiger partial charge in [-0.15, -0.1) is 0 Å². The Bertz CT molecular complexity index is 1490. The third kappa shape index (κ3) is 4.83. The van der Waals surface area contributed by atoms with Crippen LogP contribution < -0.4 is 5.32 Å². The molecule has 2 aromatic rings. The molecule has 5 rings (SSSR count). The predicted octanol–water partition coefficient (Wildman–Crippen LogP) is 7.47. The number of allylic oxidation sites excluding steroid dienone is 2. The van der Waals surface area contributed by atoms with Gasteiger partial charge in [0.15, 0.2) is 5.82 Å². The Labute approximate surface area is 237 Å². The minimum absolute atomic E-state index is 0.0966. The second-order valence-corrected chi connectivity index (χ2v) is 14.4. The molecule has 2 unspecified atom stereocenters. The van der Waals surface area contributed by atoms with Gasteiger partial charge in [-0.25, -0.2) is 9.97 Å². The van der Waals surface area contributed by atoms with E-state index in [0.29, 0.717) is 5.69 Å². The van der Waals surface area contributed by atoms with Crippen LogP contribution in [0.25, 0.3) is 11.1 Å². The summed E-state index contributed by atoms with van der Waals surface area (Å²) in [5.74, 6) is -0.306. The maximum atomic E-state index is 13.1. The Hall–Kier alpha value is -3.50. The number of carbonyl (C=O) groups excluding carboxylic acids is 1. The van der Waals surface area contributed by atoms with Gasteiger partial charge in [0.25, 0.3) is 5.91 Å². The Balaban J connectivity index is 1.58. The summed E-state index contributed by atoms with van der Waals surface area (Å²) in [6.07, 6.45) is 14.0. The molecule has 2 aliphatic heterocycles. The summed E-state index contributed by atoms with van der Waals surface area (Å²) in [6, 6.07) is 5.93. The number of fused-ring (bicyclic) bond motifs is 2. The van der Waals surface area contributed by atoms with E-state index in [1.54, 1.807) is 0 Å². The van der Waals surface area contributed by atoms with Crippen LogP contribution in [0.2, 0.25) is 0 Å². The van der Waals surface area contributed by atoms with Crippen LogP contribution in [-0.4, -0.2) is 32.1 Å². The number of imidazole rings is 1. The van der Waals surface area contributed by atoms with E-state index >= 15 is 0 Å². The van der Waals surface area contributed by atoms with E-state index in [1.165, 1.54) is 6.20 Å². The number of anilines is 1. The lowest BCUT2D eigenvalue weighted by molar-refractivity contribution is -0.158. The lowest BCUT2D eigenvalue weighted by atomic mass is 9.70. The number of rotatable bonds is 4. The zero-order valence-electron chi connectivity index (χ0n) is 25.0. The summed E-state index contributed by atoms with van der Waals surface area (Å²) in [4.78, 5) is 25.1. The summed E-state index contributed by atoms with van der Waals surface area (Å²) in [5, 5.41) is 12.1. The number of hydrogen-bond donors (Lipinski definition) is 2. The number of nitrogens with one attached hydrogen (secondary N) is 2. The molecule has 0 saturated heterocycles. The zero-order chi connectivity index (χ0) is 29.1. The Morgan fingerprint density at radius 1 is 1.10 bits per heavy atom. The predicted molar refractivity (Wildman–Crippen MR) is 158 cm³/mol. The maximum absolute atomic E-state index is 13.1. The van der Waals surface area contributed by atoms with Crippen LogP contribution in [0.15, 0.2) is 42.6 Å². The van der Waals surface area contributed by atoms with Gasteiger partial charge in [-0.2, -0.15) is 5.26 Å². The van der Waals surface area contributed by atoms with Gasteiger partial charge in [-0.05, 0) is 70.9 Å². The van der Waals surface area contributed by atoms with E-state index in [2.05, 4.69) is 95.0 Å². The normalized spacial score (nSPS) is 25.7. The minimum Gasteiger partial charge on any atom is -0.355 e. The molecule has 0 fully saturated rings. The molecule has 1 aliphatic carbocycles. The average molecular weight is 540 g/mol. The van der Waals surface area contributed by atoms with Gasteiger partial charge < -0.3 is 15.0 Å². The van der Waals surface area contributed by atoms with Crippen LogP contribution in [0.1, 0.15) is 109 Å². The number of carbonyl (C=O) groups is 1. The molecule has 40 heavy (non-hydrogen) atoms. The molecule has 2 atom stereocenters. The standard InChI is InChI=1S/C33H41N5O2/c1-29(2,3)32-15-16-33(40-32,30(4,5)6)18-22(17-32)24-9-10-25(38-28(39)27-35-20-23(19-34)36-27)26(37-24)21-11-13-31(7,8)14-12-21/h9-11,15-17,20H,12-14,18H2,1-8H3,(H,35,36)(H,38,39). The summed E-state index contributed by atoms with van der Waals surface area (Å²) in [7, 11) is 0. The maximum Gasteiger partial charge on any atom is 0.291 e. The first-order valence-corrected chi connectivity index (χ1v) is 14.2. The first-order valence-electron chi connectivity index (χ1n) is 14.2. The largest absolute Gasteiger partial charge is 0.355 e. The molecule has 3 aliphatic rings. The van der Waals surface area contributed by atoms with Crippen molar-refractivity contribution in [3.8, 4) is 6.07 Å². The SMILES string of the molecule is CC1(C)CC=C(c2nc(C3=CC4(C(C)(C)C)C=CC(C(C)(C)C)(C3)O4)ccc2NC(=O)c2ncc(C#N)[nH]2)CC1. The lowest BCUT2D eigenvalue weighted by Crippen LogP contribution is -2.52. The molecule has 1 amide bonds. The number of aromatic nitrogens is 3. The van der Waals surface area contributed by atoms with E-state index in [-0.39, 0.29) is 27.8 Å². The van der Waals surface area contributed by atoms with Gasteiger partial charge >= 0.3 is 0 Å². The van der Waals surface area contributed by atoms with Gasteiger partial charge in [0, 0.05) is 6.42 Å². The molecular weight excluding hydrogens is 498 g/mol. The van der Waals surface area contributed by atoms with E-state index in [4.69, 9.17) is 15.0 Å². The number of ether oxygens (including phenoxy) is 1. The molecule has 210 valence electrons. The number of nitrogens with zero attached hydrogens (tertiary/aromatic N) is 3. The van der Waals surface area contributed by atoms with Crippen molar-refractivity contribution >= 4 is 22.7 Å². The Kier molecular flexibility index (Phi) is 6.50. The molecule has 7 heteroatoms. The number of nitriles is 1. The monoisotopic (exact) mass is 539 g/mol. The quantitative estimate of drug-likeness (QED) is 0.392. The van der Waals surface area contributed by atoms with Gasteiger partial charge in [0.2, 0.25) is 0 Å². The van der Waals surface area contributed by atoms with E-state index in [0.717, 1.165) is 48.2 Å². The number of aromatic amines is 1. The minimum atomic E-state index is -0.533. The summed E-state index contributed by atoms with van der Waals surface area (Å²) < 4.78 is 6.94. The van der Waals surface area contributed by atoms with Crippen molar-refractivity contribution in [2.45, 2.75) is 92.3 Å². The highest BCUT2D eigenvalue weighted by molar-refractivity contribution is 6.03. The van der Waals surface area contributed by atoms with E-state index in [9.17, 15) is 4.79 Å². The Morgan fingerprint density at radius 2 is 1.85 bits per heavy atom. The van der Waals surface area contributed by atoms with Crippen molar-refractivity contribution < 1.29 is 9.53 Å². The highest BCUT2D eigenvalue weighted by atomic mass is 16.5. The number of hydrogen-bond acceptors (Lipinski definition) is 5. The number of pyridine rings is 1. The second-order valence-electron chi connectivity index (χ2n) is 14.4. The molecule has 0 saturated carbocycles. The molecule has 0 spiro atoms. The highest BCUT2D eigenvalue weighted by Crippen LogP contribution is 2.57. The Morgan fingerprint density at radius 3 is 2.45 bits per heavy atom. The van der Waals surface area contributed by atoms with Gasteiger partial charge in [0.05, 0.1) is 28.9 Å².